The summed E-state index contributed by atoms with van der Waals surface area (Å²) in [4.78, 5) is 22.4. The highest BCUT2D eigenvalue weighted by molar-refractivity contribution is 7.98. The number of carbonyl (C=O) groups excluding carboxylic acids is 1. The average Bonchev–Trinajstić information content (AvgIpc) is 2.73. The molecule has 0 saturated carbocycles. The van der Waals surface area contributed by atoms with Gasteiger partial charge in [0.25, 0.3) is 5.91 Å². The van der Waals surface area contributed by atoms with E-state index >= 15 is 0 Å². The summed E-state index contributed by atoms with van der Waals surface area (Å²) in [5.74, 6) is 0.211. The topological polar surface area (TPSA) is 54.9 Å². The number of nitrogens with zero attached hydrogens (tertiary/aromatic N) is 2. The van der Waals surface area contributed by atoms with Gasteiger partial charge in [0, 0.05) is 45.9 Å². The van der Waals surface area contributed by atoms with E-state index in [4.69, 9.17) is 0 Å². The molecule has 144 valence electrons. The molecule has 6 heteroatoms. The van der Waals surface area contributed by atoms with Gasteiger partial charge in [0.2, 0.25) is 0 Å². The number of carbonyl (C=O) groups is 1. The van der Waals surface area contributed by atoms with E-state index in [-0.39, 0.29) is 11.7 Å². The molecular weight excluding hydrogens is 385 g/mol. The number of aromatic nitrogens is 2. The lowest BCUT2D eigenvalue weighted by Crippen LogP contribution is -2.13. The summed E-state index contributed by atoms with van der Waals surface area (Å²) in [6, 6.07) is 17.6. The number of halogens is 1. The van der Waals surface area contributed by atoms with Gasteiger partial charge in [-0.05, 0) is 61.0 Å². The number of nitrogens with one attached hydrogen (secondary N) is 1. The molecule has 0 unspecified atom stereocenters. The van der Waals surface area contributed by atoms with E-state index in [0.717, 1.165) is 16.2 Å². The van der Waals surface area contributed by atoms with E-state index in [1.165, 1.54) is 12.1 Å². The molecule has 2 heterocycles. The molecule has 0 atom stereocenters. The molecule has 29 heavy (non-hydrogen) atoms. The Kier molecular flexibility index (Phi) is 5.53. The van der Waals surface area contributed by atoms with Crippen molar-refractivity contribution in [3.8, 4) is 0 Å². The summed E-state index contributed by atoms with van der Waals surface area (Å²) in [6.07, 6.45) is 3.62. The standard InChI is InChI=1S/C23H18FN3OS/c1-15-11-21(20-9-4-17(24)12-22(20)26-15)23(28)27-18-5-7-19(8-6-18)29-14-16-3-2-10-25-13-16/h2-13H,14H2,1H3,(H,27,28). The molecule has 4 aromatic rings. The van der Waals surface area contributed by atoms with Crippen LogP contribution in [0.15, 0.2) is 78.0 Å². The van der Waals surface area contributed by atoms with Gasteiger partial charge in [-0.1, -0.05) is 6.07 Å². The maximum atomic E-state index is 13.5. The second kappa shape index (κ2) is 8.41. The zero-order valence-electron chi connectivity index (χ0n) is 15.7. The van der Waals surface area contributed by atoms with Crippen molar-refractivity contribution in [3.05, 3.63) is 95.7 Å². The average molecular weight is 403 g/mol. The molecule has 0 fully saturated rings. The summed E-state index contributed by atoms with van der Waals surface area (Å²) in [5, 5.41) is 3.54. The Labute approximate surface area is 172 Å². The van der Waals surface area contributed by atoms with Crippen molar-refractivity contribution in [3.63, 3.8) is 0 Å². The normalized spacial score (nSPS) is 10.8. The van der Waals surface area contributed by atoms with E-state index < -0.39 is 0 Å². The van der Waals surface area contributed by atoms with Crippen molar-refractivity contribution in [1.82, 2.24) is 9.97 Å². The minimum atomic E-state index is -0.374. The van der Waals surface area contributed by atoms with Crippen LogP contribution in [0.1, 0.15) is 21.6 Å². The van der Waals surface area contributed by atoms with Crippen molar-refractivity contribution < 1.29 is 9.18 Å². The molecule has 0 radical (unpaired) electrons. The molecular formula is C23H18FN3OS. The van der Waals surface area contributed by atoms with E-state index in [1.807, 2.05) is 42.6 Å². The van der Waals surface area contributed by atoms with Crippen LogP contribution in [-0.4, -0.2) is 15.9 Å². The zero-order chi connectivity index (χ0) is 20.2. The number of hydrogen-bond donors (Lipinski definition) is 1. The van der Waals surface area contributed by atoms with Gasteiger partial charge in [-0.2, -0.15) is 0 Å². The van der Waals surface area contributed by atoms with Gasteiger partial charge in [-0.25, -0.2) is 4.39 Å². The van der Waals surface area contributed by atoms with Crippen LogP contribution in [-0.2, 0) is 5.75 Å². The fourth-order valence-electron chi connectivity index (χ4n) is 3.00. The Morgan fingerprint density at radius 3 is 2.69 bits per heavy atom. The van der Waals surface area contributed by atoms with Gasteiger partial charge < -0.3 is 5.32 Å². The minimum Gasteiger partial charge on any atom is -0.322 e. The third-order valence-electron chi connectivity index (χ3n) is 4.39. The number of aryl methyl sites for hydroxylation is 1. The number of benzene rings is 2. The lowest BCUT2D eigenvalue weighted by atomic mass is 10.1. The summed E-state index contributed by atoms with van der Waals surface area (Å²) in [5.41, 5.74) is 3.46. The first-order valence-corrected chi connectivity index (χ1v) is 10.1. The van der Waals surface area contributed by atoms with Crippen LogP contribution in [0.2, 0.25) is 0 Å². The van der Waals surface area contributed by atoms with Gasteiger partial charge in [0.05, 0.1) is 11.1 Å². The van der Waals surface area contributed by atoms with Crippen molar-refractivity contribution in [1.29, 1.82) is 0 Å². The van der Waals surface area contributed by atoms with Crippen LogP contribution in [0, 0.1) is 12.7 Å². The lowest BCUT2D eigenvalue weighted by Gasteiger charge is -2.10. The van der Waals surface area contributed by atoms with Crippen LogP contribution in [0.5, 0.6) is 0 Å². The van der Waals surface area contributed by atoms with Gasteiger partial charge in [0.1, 0.15) is 5.82 Å². The SMILES string of the molecule is Cc1cc(C(=O)Nc2ccc(SCc3cccnc3)cc2)c2ccc(F)cc2n1. The fourth-order valence-corrected chi connectivity index (χ4v) is 3.84. The predicted octanol–water partition coefficient (Wildman–Crippen LogP) is 5.62. The Morgan fingerprint density at radius 2 is 1.93 bits per heavy atom. The highest BCUT2D eigenvalue weighted by atomic mass is 32.2. The second-order valence-electron chi connectivity index (χ2n) is 6.60. The Hall–Kier alpha value is -3.25. The van der Waals surface area contributed by atoms with E-state index in [0.29, 0.717) is 27.8 Å². The first kappa shape index (κ1) is 19.1. The third-order valence-corrected chi connectivity index (χ3v) is 5.47. The summed E-state index contributed by atoms with van der Waals surface area (Å²) >= 11 is 1.71. The van der Waals surface area contributed by atoms with Gasteiger partial charge in [0.15, 0.2) is 0 Å². The third kappa shape index (κ3) is 4.60. The molecule has 1 amide bonds. The second-order valence-corrected chi connectivity index (χ2v) is 7.65. The zero-order valence-corrected chi connectivity index (χ0v) is 16.5. The Morgan fingerprint density at radius 1 is 1.10 bits per heavy atom. The van der Waals surface area contributed by atoms with E-state index in [1.54, 1.807) is 37.0 Å². The molecule has 0 bridgehead atoms. The lowest BCUT2D eigenvalue weighted by molar-refractivity contribution is 0.102. The largest absolute Gasteiger partial charge is 0.322 e. The molecule has 4 nitrogen and oxygen atoms in total. The van der Waals surface area contributed by atoms with Crippen LogP contribution >= 0.6 is 11.8 Å². The fraction of sp³-hybridized carbons (Fsp3) is 0.0870. The van der Waals surface area contributed by atoms with Gasteiger partial charge in [-0.15, -0.1) is 11.8 Å². The minimum absolute atomic E-state index is 0.247. The maximum Gasteiger partial charge on any atom is 0.256 e. The molecule has 1 N–H and O–H groups in total. The summed E-state index contributed by atoms with van der Waals surface area (Å²) < 4.78 is 13.5. The number of hydrogen-bond acceptors (Lipinski definition) is 4. The smallest absolute Gasteiger partial charge is 0.256 e. The number of anilines is 1. The maximum absolute atomic E-state index is 13.5. The Bertz CT molecular complexity index is 1160. The van der Waals surface area contributed by atoms with Crippen LogP contribution in [0.25, 0.3) is 10.9 Å². The first-order chi connectivity index (χ1) is 14.1. The summed E-state index contributed by atoms with van der Waals surface area (Å²) in [6.45, 7) is 1.79. The van der Waals surface area contributed by atoms with Crippen molar-refractivity contribution in [2.45, 2.75) is 17.6 Å². The molecule has 4 rings (SSSR count). The van der Waals surface area contributed by atoms with Crippen LogP contribution < -0.4 is 5.32 Å². The highest BCUT2D eigenvalue weighted by Gasteiger charge is 2.13. The van der Waals surface area contributed by atoms with Crippen molar-refractivity contribution in [2.24, 2.45) is 0 Å². The highest BCUT2D eigenvalue weighted by Crippen LogP contribution is 2.25. The van der Waals surface area contributed by atoms with Crippen molar-refractivity contribution in [2.75, 3.05) is 5.32 Å². The quantitative estimate of drug-likeness (QED) is 0.439. The van der Waals surface area contributed by atoms with Gasteiger partial charge >= 0.3 is 0 Å². The monoisotopic (exact) mass is 403 g/mol. The number of fused-ring (bicyclic) bond motifs is 1. The molecule has 0 saturated heterocycles. The molecule has 0 aliphatic heterocycles. The molecule has 2 aromatic heterocycles. The molecule has 0 spiro atoms. The van der Waals surface area contributed by atoms with E-state index in [2.05, 4.69) is 15.3 Å². The van der Waals surface area contributed by atoms with Crippen molar-refractivity contribution >= 4 is 34.3 Å². The molecule has 0 aliphatic rings. The molecule has 0 aliphatic carbocycles. The Balaban J connectivity index is 1.48. The number of rotatable bonds is 5. The number of thioether (sulfide) groups is 1. The number of pyridine rings is 2. The predicted molar refractivity (Wildman–Crippen MR) is 115 cm³/mol. The summed E-state index contributed by atoms with van der Waals surface area (Å²) in [7, 11) is 0. The molecule has 2 aromatic carbocycles. The van der Waals surface area contributed by atoms with Crippen LogP contribution in [0.3, 0.4) is 0 Å². The van der Waals surface area contributed by atoms with Crippen LogP contribution in [0.4, 0.5) is 10.1 Å². The van der Waals surface area contributed by atoms with Gasteiger partial charge in [-0.3, -0.25) is 14.8 Å². The first-order valence-electron chi connectivity index (χ1n) is 9.08. The number of amides is 1. The van der Waals surface area contributed by atoms with E-state index in [9.17, 15) is 9.18 Å².